The fourth-order valence-electron chi connectivity index (χ4n) is 1.23. The third-order valence-electron chi connectivity index (χ3n) is 2.02. The van der Waals surface area contributed by atoms with Crippen LogP contribution in [0.1, 0.15) is 6.92 Å². The van der Waals surface area contributed by atoms with Gasteiger partial charge in [0.05, 0.1) is 19.8 Å². The summed E-state index contributed by atoms with van der Waals surface area (Å²) in [4.78, 5) is 13.3. The van der Waals surface area contributed by atoms with Crippen LogP contribution in [0.3, 0.4) is 0 Å². The van der Waals surface area contributed by atoms with Crippen LogP contribution in [0.4, 0.5) is 0 Å². The molecule has 0 spiro atoms. The Hall–Kier alpha value is -1.54. The van der Waals surface area contributed by atoms with E-state index in [0.717, 1.165) is 0 Å². The van der Waals surface area contributed by atoms with Gasteiger partial charge in [0.25, 0.3) is 5.91 Å². The second-order valence-corrected chi connectivity index (χ2v) is 3.00. The number of carbonyl (C=O) groups is 1. The Balaban J connectivity index is 2.60. The first-order chi connectivity index (χ1) is 7.29. The summed E-state index contributed by atoms with van der Waals surface area (Å²) < 4.78 is 10.1. The zero-order chi connectivity index (χ0) is 11.1. The predicted octanol–water partition coefficient (Wildman–Crippen LogP) is 0.289. The summed E-state index contributed by atoms with van der Waals surface area (Å²) in [6.07, 6.45) is 1.22. The highest BCUT2D eigenvalue weighted by Crippen LogP contribution is 2.04. The molecule has 5 nitrogen and oxygen atoms in total. The maximum absolute atomic E-state index is 11.7. The zero-order valence-corrected chi connectivity index (χ0v) is 8.73. The monoisotopic (exact) mass is 210 g/mol. The van der Waals surface area contributed by atoms with Crippen LogP contribution in [0.5, 0.6) is 0 Å². The summed E-state index contributed by atoms with van der Waals surface area (Å²) in [5.41, 5.74) is 0.0405. The van der Waals surface area contributed by atoms with Crippen LogP contribution in [0.2, 0.25) is 0 Å². The molecule has 0 aromatic carbocycles. The molecule has 0 bridgehead atoms. The molecule has 0 aromatic heterocycles. The van der Waals surface area contributed by atoms with E-state index in [-0.39, 0.29) is 11.5 Å². The fraction of sp³-hybridized carbons (Fsp3) is 0.600. The molecular weight excluding hydrogens is 196 g/mol. The van der Waals surface area contributed by atoms with Crippen molar-refractivity contribution in [3.05, 3.63) is 11.8 Å². The minimum absolute atomic E-state index is 0.0405. The van der Waals surface area contributed by atoms with Crippen molar-refractivity contribution in [3.8, 4) is 6.07 Å². The maximum Gasteiger partial charge on any atom is 0.267 e. The van der Waals surface area contributed by atoms with Crippen LogP contribution in [0, 0.1) is 11.3 Å². The third-order valence-corrected chi connectivity index (χ3v) is 2.02. The first kappa shape index (κ1) is 11.5. The highest BCUT2D eigenvalue weighted by atomic mass is 16.5. The minimum atomic E-state index is -0.283. The average Bonchev–Trinajstić information content (AvgIpc) is 2.31. The van der Waals surface area contributed by atoms with Gasteiger partial charge < -0.3 is 14.4 Å². The molecular formula is C10H14N2O3. The largest absolute Gasteiger partial charge is 0.500 e. The van der Waals surface area contributed by atoms with Gasteiger partial charge in [0.2, 0.25) is 0 Å². The van der Waals surface area contributed by atoms with Crippen molar-refractivity contribution < 1.29 is 14.3 Å². The number of hydrogen-bond donors (Lipinski definition) is 0. The number of amides is 1. The van der Waals surface area contributed by atoms with Crippen molar-refractivity contribution >= 4 is 5.91 Å². The molecule has 1 rings (SSSR count). The van der Waals surface area contributed by atoms with E-state index in [1.807, 2.05) is 6.07 Å². The van der Waals surface area contributed by atoms with Gasteiger partial charge in [-0.05, 0) is 6.92 Å². The van der Waals surface area contributed by atoms with Crippen molar-refractivity contribution in [1.82, 2.24) is 4.90 Å². The van der Waals surface area contributed by atoms with Gasteiger partial charge in [0.15, 0.2) is 5.57 Å². The van der Waals surface area contributed by atoms with Crippen LogP contribution in [0.15, 0.2) is 11.8 Å². The summed E-state index contributed by atoms with van der Waals surface area (Å²) in [5, 5.41) is 8.78. The maximum atomic E-state index is 11.7. The molecule has 1 heterocycles. The second-order valence-electron chi connectivity index (χ2n) is 3.00. The minimum Gasteiger partial charge on any atom is -0.500 e. The summed E-state index contributed by atoms with van der Waals surface area (Å²) in [6, 6.07) is 1.84. The van der Waals surface area contributed by atoms with Gasteiger partial charge in [-0.3, -0.25) is 4.79 Å². The Morgan fingerprint density at radius 3 is 2.80 bits per heavy atom. The first-order valence-corrected chi connectivity index (χ1v) is 4.88. The SMILES string of the molecule is CCO/C=C(\C#N)C(=O)N1CCOCC1. The Labute approximate surface area is 88.9 Å². The lowest BCUT2D eigenvalue weighted by Gasteiger charge is -2.26. The molecule has 0 atom stereocenters. The fourth-order valence-corrected chi connectivity index (χ4v) is 1.23. The van der Waals surface area contributed by atoms with Gasteiger partial charge in [-0.25, -0.2) is 0 Å². The number of nitrogens with zero attached hydrogens (tertiary/aromatic N) is 2. The number of nitriles is 1. The molecule has 0 saturated carbocycles. The van der Waals surface area contributed by atoms with Gasteiger partial charge in [0.1, 0.15) is 12.3 Å². The lowest BCUT2D eigenvalue weighted by atomic mass is 10.2. The molecule has 5 heteroatoms. The molecule has 0 unspecified atom stereocenters. The van der Waals surface area contributed by atoms with E-state index >= 15 is 0 Å². The van der Waals surface area contributed by atoms with E-state index in [0.29, 0.717) is 32.9 Å². The number of rotatable bonds is 3. The van der Waals surface area contributed by atoms with Gasteiger partial charge in [-0.2, -0.15) is 5.26 Å². The highest BCUT2D eigenvalue weighted by molar-refractivity contribution is 5.97. The normalized spacial score (nSPS) is 17.1. The van der Waals surface area contributed by atoms with Gasteiger partial charge in [-0.15, -0.1) is 0 Å². The molecule has 0 aliphatic carbocycles. The van der Waals surface area contributed by atoms with Crippen LogP contribution >= 0.6 is 0 Å². The topological polar surface area (TPSA) is 62.6 Å². The Bertz CT molecular complexity index is 288. The van der Waals surface area contributed by atoms with Crippen molar-refractivity contribution in [1.29, 1.82) is 5.26 Å². The quantitative estimate of drug-likeness (QED) is 0.381. The van der Waals surface area contributed by atoms with Crippen molar-refractivity contribution in [2.45, 2.75) is 6.92 Å². The molecule has 82 valence electrons. The van der Waals surface area contributed by atoms with E-state index in [1.165, 1.54) is 6.26 Å². The first-order valence-electron chi connectivity index (χ1n) is 4.88. The Kier molecular flexibility index (Phi) is 4.64. The van der Waals surface area contributed by atoms with Crippen LogP contribution in [0.25, 0.3) is 0 Å². The van der Waals surface area contributed by atoms with E-state index in [9.17, 15) is 4.79 Å². The Morgan fingerprint density at radius 1 is 1.60 bits per heavy atom. The number of ether oxygens (including phenoxy) is 2. The standard InChI is InChI=1S/C10H14N2O3/c1-2-14-8-9(7-11)10(13)12-3-5-15-6-4-12/h8H,2-6H2,1H3/b9-8+. The van der Waals surface area contributed by atoms with E-state index < -0.39 is 0 Å². The van der Waals surface area contributed by atoms with E-state index in [4.69, 9.17) is 14.7 Å². The van der Waals surface area contributed by atoms with Crippen LogP contribution in [-0.4, -0.2) is 43.7 Å². The molecule has 0 aromatic rings. The average molecular weight is 210 g/mol. The summed E-state index contributed by atoms with van der Waals surface area (Å²) >= 11 is 0. The van der Waals surface area contributed by atoms with Gasteiger partial charge >= 0.3 is 0 Å². The lowest BCUT2D eigenvalue weighted by Crippen LogP contribution is -2.41. The summed E-state index contributed by atoms with van der Waals surface area (Å²) in [7, 11) is 0. The molecule has 1 saturated heterocycles. The third kappa shape index (κ3) is 3.26. The van der Waals surface area contributed by atoms with E-state index in [1.54, 1.807) is 11.8 Å². The lowest BCUT2D eigenvalue weighted by molar-refractivity contribution is -0.130. The highest BCUT2D eigenvalue weighted by Gasteiger charge is 2.20. The molecule has 1 amide bonds. The predicted molar refractivity (Wildman–Crippen MR) is 52.7 cm³/mol. The van der Waals surface area contributed by atoms with Gasteiger partial charge in [0, 0.05) is 13.1 Å². The molecule has 0 N–H and O–H groups in total. The smallest absolute Gasteiger partial charge is 0.267 e. The zero-order valence-electron chi connectivity index (χ0n) is 8.73. The Morgan fingerprint density at radius 2 is 2.27 bits per heavy atom. The number of hydrogen-bond acceptors (Lipinski definition) is 4. The molecule has 1 aliphatic rings. The number of morpholine rings is 1. The number of carbonyl (C=O) groups excluding carboxylic acids is 1. The van der Waals surface area contributed by atoms with Gasteiger partial charge in [-0.1, -0.05) is 0 Å². The van der Waals surface area contributed by atoms with Crippen LogP contribution in [-0.2, 0) is 14.3 Å². The van der Waals surface area contributed by atoms with Crippen LogP contribution < -0.4 is 0 Å². The molecule has 15 heavy (non-hydrogen) atoms. The molecule has 0 radical (unpaired) electrons. The van der Waals surface area contributed by atoms with Crippen molar-refractivity contribution in [2.75, 3.05) is 32.9 Å². The van der Waals surface area contributed by atoms with Crippen molar-refractivity contribution in [2.24, 2.45) is 0 Å². The molecule has 1 aliphatic heterocycles. The second kappa shape index (κ2) is 6.04. The van der Waals surface area contributed by atoms with Crippen molar-refractivity contribution in [3.63, 3.8) is 0 Å². The van der Waals surface area contributed by atoms with E-state index in [2.05, 4.69) is 0 Å². The summed E-state index contributed by atoms with van der Waals surface area (Å²) in [5.74, 6) is -0.283. The molecule has 1 fully saturated rings. The summed E-state index contributed by atoms with van der Waals surface area (Å²) in [6.45, 7) is 4.36.